The molecule has 114 valence electrons. The summed E-state index contributed by atoms with van der Waals surface area (Å²) in [6, 6.07) is 0. The Kier molecular flexibility index (Phi) is 13.5. The van der Waals surface area contributed by atoms with E-state index in [0.717, 1.165) is 18.8 Å². The van der Waals surface area contributed by atoms with Crippen LogP contribution in [-0.4, -0.2) is 11.1 Å². The Bertz CT molecular complexity index is 201. The van der Waals surface area contributed by atoms with E-state index < -0.39 is 5.97 Å². The van der Waals surface area contributed by atoms with Crippen molar-refractivity contribution in [2.24, 2.45) is 5.92 Å². The van der Waals surface area contributed by atoms with Crippen LogP contribution in [0.1, 0.15) is 97.3 Å². The lowest BCUT2D eigenvalue weighted by molar-refractivity contribution is -0.137. The molecule has 0 aliphatic carbocycles. The molecule has 0 spiro atoms. The molecule has 1 N–H and O–H groups in total. The van der Waals surface area contributed by atoms with Gasteiger partial charge < -0.3 is 5.11 Å². The van der Waals surface area contributed by atoms with Crippen LogP contribution in [0, 0.1) is 5.92 Å². The molecular formula is C17H34O2. The molecule has 0 aromatic heterocycles. The van der Waals surface area contributed by atoms with Crippen LogP contribution in [0.3, 0.4) is 0 Å². The third-order valence-electron chi connectivity index (χ3n) is 4.03. The van der Waals surface area contributed by atoms with Crippen LogP contribution in [-0.2, 0) is 4.79 Å². The van der Waals surface area contributed by atoms with Crippen molar-refractivity contribution in [1.82, 2.24) is 0 Å². The summed E-state index contributed by atoms with van der Waals surface area (Å²) in [7, 11) is 0. The third kappa shape index (κ3) is 15.4. The maximum Gasteiger partial charge on any atom is 0.303 e. The Labute approximate surface area is 120 Å². The smallest absolute Gasteiger partial charge is 0.303 e. The van der Waals surface area contributed by atoms with Gasteiger partial charge in [0.1, 0.15) is 0 Å². The zero-order valence-electron chi connectivity index (χ0n) is 13.1. The monoisotopic (exact) mass is 270 g/mol. The predicted octanol–water partition coefficient (Wildman–Crippen LogP) is 5.80. The Morgan fingerprint density at radius 1 is 0.842 bits per heavy atom. The Morgan fingerprint density at radius 3 is 1.68 bits per heavy atom. The second-order valence-electron chi connectivity index (χ2n) is 5.98. The highest BCUT2D eigenvalue weighted by atomic mass is 16.4. The van der Waals surface area contributed by atoms with Gasteiger partial charge in [-0.25, -0.2) is 0 Å². The van der Waals surface area contributed by atoms with Gasteiger partial charge in [-0.2, -0.15) is 0 Å². The summed E-state index contributed by atoms with van der Waals surface area (Å²) < 4.78 is 0. The van der Waals surface area contributed by atoms with Crippen molar-refractivity contribution in [3.63, 3.8) is 0 Å². The molecule has 1 unspecified atom stereocenters. The van der Waals surface area contributed by atoms with E-state index in [4.69, 9.17) is 5.11 Å². The molecule has 0 fully saturated rings. The molecule has 19 heavy (non-hydrogen) atoms. The maximum atomic E-state index is 10.3. The summed E-state index contributed by atoms with van der Waals surface area (Å²) in [5.74, 6) is 0.253. The summed E-state index contributed by atoms with van der Waals surface area (Å²) >= 11 is 0. The summed E-state index contributed by atoms with van der Waals surface area (Å²) in [5.41, 5.74) is 0. The number of unbranched alkanes of at least 4 members (excludes halogenated alkanes) is 9. The molecule has 1 atom stereocenters. The minimum absolute atomic E-state index is 0.343. The minimum Gasteiger partial charge on any atom is -0.481 e. The number of carbonyl (C=O) groups is 1. The molecule has 0 aliphatic rings. The highest BCUT2D eigenvalue weighted by Crippen LogP contribution is 2.15. The number of hydrogen-bond acceptors (Lipinski definition) is 1. The van der Waals surface area contributed by atoms with Crippen molar-refractivity contribution >= 4 is 5.97 Å². The number of hydrogen-bond donors (Lipinski definition) is 1. The van der Waals surface area contributed by atoms with E-state index in [2.05, 4.69) is 13.8 Å². The van der Waals surface area contributed by atoms with Crippen molar-refractivity contribution in [3.05, 3.63) is 0 Å². The van der Waals surface area contributed by atoms with Gasteiger partial charge in [-0.1, -0.05) is 84.5 Å². The van der Waals surface area contributed by atoms with Crippen LogP contribution in [0.15, 0.2) is 0 Å². The average Bonchev–Trinajstić information content (AvgIpc) is 2.39. The van der Waals surface area contributed by atoms with E-state index in [0.29, 0.717) is 6.42 Å². The normalized spacial score (nSPS) is 12.5. The van der Waals surface area contributed by atoms with Gasteiger partial charge in [0.2, 0.25) is 0 Å². The first-order valence-corrected chi connectivity index (χ1v) is 8.38. The van der Waals surface area contributed by atoms with Crippen molar-refractivity contribution in [2.45, 2.75) is 97.3 Å². The SMILES string of the molecule is CCC(C)CCCCCCCCCCCCC(=O)O. The lowest BCUT2D eigenvalue weighted by Crippen LogP contribution is -1.93. The van der Waals surface area contributed by atoms with E-state index in [1.807, 2.05) is 0 Å². The van der Waals surface area contributed by atoms with Gasteiger partial charge in [0, 0.05) is 6.42 Å². The lowest BCUT2D eigenvalue weighted by Gasteiger charge is -2.07. The van der Waals surface area contributed by atoms with Crippen molar-refractivity contribution < 1.29 is 9.90 Å². The van der Waals surface area contributed by atoms with Gasteiger partial charge in [-0.05, 0) is 12.3 Å². The molecule has 2 heteroatoms. The van der Waals surface area contributed by atoms with Gasteiger partial charge in [-0.15, -0.1) is 0 Å². The largest absolute Gasteiger partial charge is 0.481 e. The Morgan fingerprint density at radius 2 is 1.26 bits per heavy atom. The first-order valence-electron chi connectivity index (χ1n) is 8.38. The van der Waals surface area contributed by atoms with Gasteiger partial charge in [0.15, 0.2) is 0 Å². The first kappa shape index (κ1) is 18.5. The first-order chi connectivity index (χ1) is 9.16. The molecule has 0 aromatic rings. The second-order valence-corrected chi connectivity index (χ2v) is 5.98. The minimum atomic E-state index is -0.655. The van der Waals surface area contributed by atoms with Crippen LogP contribution < -0.4 is 0 Å². The fourth-order valence-corrected chi connectivity index (χ4v) is 2.39. The van der Waals surface area contributed by atoms with Crippen LogP contribution in [0.5, 0.6) is 0 Å². The van der Waals surface area contributed by atoms with E-state index in [1.165, 1.54) is 64.2 Å². The lowest BCUT2D eigenvalue weighted by atomic mass is 9.99. The van der Waals surface area contributed by atoms with Gasteiger partial charge in [0.25, 0.3) is 0 Å². The second kappa shape index (κ2) is 13.9. The van der Waals surface area contributed by atoms with Crippen LogP contribution in [0.25, 0.3) is 0 Å². The van der Waals surface area contributed by atoms with E-state index >= 15 is 0 Å². The maximum absolute atomic E-state index is 10.3. The molecule has 0 heterocycles. The standard InChI is InChI=1S/C17H34O2/c1-3-16(2)14-12-10-8-6-4-5-7-9-11-13-15-17(18)19/h16H,3-15H2,1-2H3,(H,18,19). The number of rotatable bonds is 14. The fourth-order valence-electron chi connectivity index (χ4n) is 2.39. The average molecular weight is 270 g/mol. The number of aliphatic carboxylic acids is 1. The number of carboxylic acids is 1. The molecule has 0 saturated carbocycles. The molecule has 2 nitrogen and oxygen atoms in total. The molecule has 0 aliphatic heterocycles. The predicted molar refractivity (Wildman–Crippen MR) is 82.5 cm³/mol. The van der Waals surface area contributed by atoms with E-state index in [-0.39, 0.29) is 0 Å². The van der Waals surface area contributed by atoms with Gasteiger partial charge in [-0.3, -0.25) is 4.79 Å². The van der Waals surface area contributed by atoms with Crippen molar-refractivity contribution in [1.29, 1.82) is 0 Å². The zero-order valence-corrected chi connectivity index (χ0v) is 13.1. The topological polar surface area (TPSA) is 37.3 Å². The van der Waals surface area contributed by atoms with Crippen molar-refractivity contribution in [2.75, 3.05) is 0 Å². The van der Waals surface area contributed by atoms with Crippen molar-refractivity contribution in [3.8, 4) is 0 Å². The van der Waals surface area contributed by atoms with Crippen LogP contribution in [0.4, 0.5) is 0 Å². The quantitative estimate of drug-likeness (QED) is 0.405. The summed E-state index contributed by atoms with van der Waals surface area (Å²) in [6.07, 6.45) is 15.8. The molecule has 0 bridgehead atoms. The molecule has 0 saturated heterocycles. The molecule has 0 radical (unpaired) electrons. The number of carboxylic acid groups (broad SMARTS) is 1. The molecule has 0 rings (SSSR count). The third-order valence-corrected chi connectivity index (χ3v) is 4.03. The molecule has 0 amide bonds. The summed E-state index contributed by atoms with van der Waals surface area (Å²) in [4.78, 5) is 10.3. The molecular weight excluding hydrogens is 236 g/mol. The molecule has 0 aromatic carbocycles. The Balaban J connectivity index is 3.01. The zero-order chi connectivity index (χ0) is 14.3. The highest BCUT2D eigenvalue weighted by Gasteiger charge is 1.99. The highest BCUT2D eigenvalue weighted by molar-refractivity contribution is 5.66. The fraction of sp³-hybridized carbons (Fsp3) is 0.941. The van der Waals surface area contributed by atoms with Gasteiger partial charge >= 0.3 is 5.97 Å². The van der Waals surface area contributed by atoms with Crippen LogP contribution >= 0.6 is 0 Å². The van der Waals surface area contributed by atoms with Gasteiger partial charge in [0.05, 0.1) is 0 Å². The Hall–Kier alpha value is -0.530. The van der Waals surface area contributed by atoms with E-state index in [1.54, 1.807) is 0 Å². The summed E-state index contributed by atoms with van der Waals surface area (Å²) in [6.45, 7) is 4.63. The van der Waals surface area contributed by atoms with E-state index in [9.17, 15) is 4.79 Å². The summed E-state index contributed by atoms with van der Waals surface area (Å²) in [5, 5.41) is 8.51. The van der Waals surface area contributed by atoms with Crippen LogP contribution in [0.2, 0.25) is 0 Å².